The number of likely N-dealkylation sites (N-methyl/N-ethyl adjacent to an activating group) is 1. The first-order valence-corrected chi connectivity index (χ1v) is 8.33. The molecule has 4 nitrogen and oxygen atoms in total. The summed E-state index contributed by atoms with van der Waals surface area (Å²) in [6, 6.07) is 5.65. The first-order chi connectivity index (χ1) is 11.0. The molecule has 0 saturated heterocycles. The number of nitrogens with one attached hydrogen (secondary N) is 1. The smallest absolute Gasteiger partial charge is 0.242 e. The van der Waals surface area contributed by atoms with Gasteiger partial charge in [0.2, 0.25) is 5.91 Å². The van der Waals surface area contributed by atoms with Crippen molar-refractivity contribution in [3.8, 4) is 0 Å². The maximum atomic E-state index is 14.1. The van der Waals surface area contributed by atoms with E-state index in [2.05, 4.69) is 5.32 Å². The van der Waals surface area contributed by atoms with Crippen molar-refractivity contribution in [1.29, 1.82) is 0 Å². The summed E-state index contributed by atoms with van der Waals surface area (Å²) in [4.78, 5) is 14.6. The number of hydrogen-bond donors (Lipinski definition) is 2. The van der Waals surface area contributed by atoms with Crippen LogP contribution < -0.4 is 5.32 Å². The first kappa shape index (κ1) is 17.9. The van der Waals surface area contributed by atoms with Crippen molar-refractivity contribution in [1.82, 2.24) is 10.2 Å². The van der Waals surface area contributed by atoms with Crippen molar-refractivity contribution < 1.29 is 14.3 Å². The molecule has 0 radical (unpaired) electrons. The Kier molecular flexibility index (Phi) is 6.13. The summed E-state index contributed by atoms with van der Waals surface area (Å²) in [5.74, 6) is -0.642. The number of carbonyl (C=O) groups is 1. The van der Waals surface area contributed by atoms with Gasteiger partial charge in [-0.1, -0.05) is 43.9 Å². The van der Waals surface area contributed by atoms with E-state index in [0.29, 0.717) is 5.56 Å². The number of aliphatic hydroxyl groups excluding tert-OH is 1. The Balaban J connectivity index is 2.22. The number of nitrogens with zero attached hydrogens (tertiary/aromatic N) is 1. The van der Waals surface area contributed by atoms with Gasteiger partial charge in [-0.3, -0.25) is 9.69 Å². The lowest BCUT2D eigenvalue weighted by atomic mass is 9.90. The van der Waals surface area contributed by atoms with Gasteiger partial charge in [0, 0.05) is 5.56 Å². The highest BCUT2D eigenvalue weighted by Crippen LogP contribution is 2.29. The summed E-state index contributed by atoms with van der Waals surface area (Å²) in [7, 11) is 3.52. The van der Waals surface area contributed by atoms with Crippen LogP contribution in [0.25, 0.3) is 0 Å². The summed E-state index contributed by atoms with van der Waals surface area (Å²) in [5.41, 5.74) is -0.218. The molecule has 2 N–H and O–H groups in total. The molecule has 1 aromatic rings. The minimum Gasteiger partial charge on any atom is -0.394 e. The van der Waals surface area contributed by atoms with Crippen LogP contribution in [0.5, 0.6) is 0 Å². The minimum atomic E-state index is -0.706. The zero-order valence-corrected chi connectivity index (χ0v) is 14.0. The van der Waals surface area contributed by atoms with Crippen molar-refractivity contribution in [2.24, 2.45) is 0 Å². The molecule has 1 saturated carbocycles. The van der Waals surface area contributed by atoms with Crippen molar-refractivity contribution in [3.05, 3.63) is 35.6 Å². The zero-order chi connectivity index (χ0) is 16.9. The van der Waals surface area contributed by atoms with Crippen LogP contribution in [0.3, 0.4) is 0 Å². The molecule has 1 aliphatic carbocycles. The van der Waals surface area contributed by atoms with Gasteiger partial charge in [-0.25, -0.2) is 4.39 Å². The van der Waals surface area contributed by atoms with Crippen LogP contribution in [0.1, 0.15) is 50.1 Å². The predicted octanol–water partition coefficient (Wildman–Crippen LogP) is 2.63. The summed E-state index contributed by atoms with van der Waals surface area (Å²) in [6.07, 6.45) is 5.78. The predicted molar refractivity (Wildman–Crippen MR) is 88.5 cm³/mol. The van der Waals surface area contributed by atoms with E-state index in [9.17, 15) is 14.3 Å². The van der Waals surface area contributed by atoms with E-state index in [0.717, 1.165) is 38.5 Å². The Hall–Kier alpha value is -1.46. The van der Waals surface area contributed by atoms with Crippen LogP contribution in [0, 0.1) is 5.82 Å². The lowest BCUT2D eigenvalue weighted by Gasteiger charge is -2.35. The van der Waals surface area contributed by atoms with Crippen LogP contribution in [0.4, 0.5) is 4.39 Å². The number of halogens is 1. The molecule has 2 rings (SSSR count). The molecule has 1 fully saturated rings. The van der Waals surface area contributed by atoms with Crippen LogP contribution in [-0.4, -0.2) is 42.2 Å². The molecule has 0 heterocycles. The van der Waals surface area contributed by atoms with Crippen molar-refractivity contribution in [2.75, 3.05) is 20.7 Å². The highest BCUT2D eigenvalue weighted by Gasteiger charge is 2.35. The quantitative estimate of drug-likeness (QED) is 0.820. The summed E-state index contributed by atoms with van der Waals surface area (Å²) in [6.45, 7) is -0.0733. The van der Waals surface area contributed by atoms with Crippen LogP contribution in [0.15, 0.2) is 24.3 Å². The molecule has 0 aliphatic heterocycles. The second kappa shape index (κ2) is 7.88. The number of hydrogen-bond acceptors (Lipinski definition) is 3. The third-order valence-corrected chi connectivity index (χ3v) is 4.72. The Morgan fingerprint density at radius 2 is 1.87 bits per heavy atom. The summed E-state index contributed by atoms with van der Waals surface area (Å²) in [5, 5.41) is 12.9. The third kappa shape index (κ3) is 4.30. The Morgan fingerprint density at radius 3 is 2.39 bits per heavy atom. The maximum absolute atomic E-state index is 14.1. The molecule has 0 spiro atoms. The van der Waals surface area contributed by atoms with E-state index in [1.807, 2.05) is 0 Å². The number of rotatable bonds is 5. The fraction of sp³-hybridized carbons (Fsp3) is 0.611. The molecule has 1 amide bonds. The van der Waals surface area contributed by atoms with Gasteiger partial charge in [-0.2, -0.15) is 0 Å². The molecule has 23 heavy (non-hydrogen) atoms. The molecule has 1 atom stereocenters. The molecule has 0 unspecified atom stereocenters. The van der Waals surface area contributed by atoms with Gasteiger partial charge in [-0.15, -0.1) is 0 Å². The third-order valence-electron chi connectivity index (χ3n) is 4.72. The molecule has 1 aliphatic rings. The number of benzene rings is 1. The summed E-state index contributed by atoms with van der Waals surface area (Å²) < 4.78 is 14.1. The van der Waals surface area contributed by atoms with Gasteiger partial charge in [0.1, 0.15) is 11.9 Å². The van der Waals surface area contributed by atoms with E-state index >= 15 is 0 Å². The molecule has 0 aromatic heterocycles. The fourth-order valence-corrected chi connectivity index (χ4v) is 3.41. The van der Waals surface area contributed by atoms with Crippen molar-refractivity contribution in [2.45, 2.75) is 50.1 Å². The van der Waals surface area contributed by atoms with Gasteiger partial charge < -0.3 is 10.4 Å². The van der Waals surface area contributed by atoms with Crippen LogP contribution >= 0.6 is 0 Å². The molecular weight excluding hydrogens is 295 g/mol. The Labute approximate surface area is 137 Å². The van der Waals surface area contributed by atoms with E-state index in [4.69, 9.17) is 0 Å². The second-order valence-electron chi connectivity index (χ2n) is 6.73. The van der Waals surface area contributed by atoms with Gasteiger partial charge in [0.15, 0.2) is 0 Å². The minimum absolute atomic E-state index is 0.0733. The van der Waals surface area contributed by atoms with E-state index in [1.165, 1.54) is 6.07 Å². The fourth-order valence-electron chi connectivity index (χ4n) is 3.41. The van der Waals surface area contributed by atoms with E-state index in [-0.39, 0.29) is 18.3 Å². The molecule has 5 heteroatoms. The van der Waals surface area contributed by atoms with Gasteiger partial charge in [0.25, 0.3) is 0 Å². The second-order valence-corrected chi connectivity index (χ2v) is 6.73. The molecular formula is C18H27FN2O2. The number of aliphatic hydroxyl groups is 1. The average molecular weight is 322 g/mol. The Morgan fingerprint density at radius 1 is 1.26 bits per heavy atom. The zero-order valence-electron chi connectivity index (χ0n) is 14.0. The SMILES string of the molecule is CN(C)[C@H](C(=O)NC1(CO)CCCCCC1)c1ccccc1F. The van der Waals surface area contributed by atoms with Gasteiger partial charge >= 0.3 is 0 Å². The Bertz CT molecular complexity index is 526. The van der Waals surface area contributed by atoms with Crippen molar-refractivity contribution in [3.63, 3.8) is 0 Å². The standard InChI is InChI=1S/C18H27FN2O2/c1-21(2)16(14-9-5-6-10-15(14)19)17(23)20-18(13-22)11-7-3-4-8-12-18/h5-6,9-10,16,22H,3-4,7-8,11-13H2,1-2H3,(H,20,23)/t16-/m0/s1. The highest BCUT2D eigenvalue weighted by molar-refractivity contribution is 5.84. The van der Waals surface area contributed by atoms with E-state index < -0.39 is 11.6 Å². The highest BCUT2D eigenvalue weighted by atomic mass is 19.1. The lowest BCUT2D eigenvalue weighted by Crippen LogP contribution is -2.54. The maximum Gasteiger partial charge on any atom is 0.242 e. The topological polar surface area (TPSA) is 52.6 Å². The molecule has 128 valence electrons. The first-order valence-electron chi connectivity index (χ1n) is 8.33. The van der Waals surface area contributed by atoms with Crippen LogP contribution in [0.2, 0.25) is 0 Å². The molecule has 1 aromatic carbocycles. The van der Waals surface area contributed by atoms with Crippen molar-refractivity contribution >= 4 is 5.91 Å². The average Bonchev–Trinajstić information content (AvgIpc) is 2.75. The van der Waals surface area contributed by atoms with Gasteiger partial charge in [0.05, 0.1) is 12.1 Å². The summed E-state index contributed by atoms with van der Waals surface area (Å²) >= 11 is 0. The molecule has 0 bridgehead atoms. The van der Waals surface area contributed by atoms with Gasteiger partial charge in [-0.05, 0) is 33.0 Å². The largest absolute Gasteiger partial charge is 0.394 e. The lowest BCUT2D eigenvalue weighted by molar-refractivity contribution is -0.128. The number of amides is 1. The van der Waals surface area contributed by atoms with Crippen LogP contribution in [-0.2, 0) is 4.79 Å². The van der Waals surface area contributed by atoms with E-state index in [1.54, 1.807) is 37.2 Å². The number of carbonyl (C=O) groups excluding carboxylic acids is 1. The normalized spacial score (nSPS) is 19.2. The monoisotopic (exact) mass is 322 g/mol.